The molecule has 1 unspecified atom stereocenters. The molecule has 0 aliphatic rings. The molecule has 1 aromatic heterocycles. The Morgan fingerprint density at radius 2 is 2.29 bits per heavy atom. The normalized spacial score (nSPS) is 12.6. The number of halogens is 1. The standard InChI is InChI=1S/C13H15FN2O/c1-10(15-9-13-5-6-17-16-13)7-11-3-2-4-12(14)8-11/h2-6,8,10,15H,7,9H2,1H3. The Bertz CT molecular complexity index is 456. The first-order valence-corrected chi connectivity index (χ1v) is 5.61. The summed E-state index contributed by atoms with van der Waals surface area (Å²) in [5.74, 6) is -0.189. The monoisotopic (exact) mass is 234 g/mol. The highest BCUT2D eigenvalue weighted by atomic mass is 19.1. The Morgan fingerprint density at radius 3 is 3.00 bits per heavy atom. The van der Waals surface area contributed by atoms with Crippen molar-refractivity contribution in [3.8, 4) is 0 Å². The second kappa shape index (κ2) is 5.59. The van der Waals surface area contributed by atoms with Crippen LogP contribution in [0.4, 0.5) is 4.39 Å². The summed E-state index contributed by atoms with van der Waals surface area (Å²) in [6, 6.07) is 8.76. The summed E-state index contributed by atoms with van der Waals surface area (Å²) in [5.41, 5.74) is 1.86. The summed E-state index contributed by atoms with van der Waals surface area (Å²) in [7, 11) is 0. The predicted octanol–water partition coefficient (Wildman–Crippen LogP) is 2.53. The maximum atomic E-state index is 13.0. The van der Waals surface area contributed by atoms with E-state index in [0.29, 0.717) is 6.54 Å². The lowest BCUT2D eigenvalue weighted by atomic mass is 10.1. The molecule has 1 aromatic carbocycles. The summed E-state index contributed by atoms with van der Waals surface area (Å²) in [6.45, 7) is 2.72. The molecule has 4 heteroatoms. The van der Waals surface area contributed by atoms with Crippen molar-refractivity contribution in [2.24, 2.45) is 0 Å². The van der Waals surface area contributed by atoms with Crippen molar-refractivity contribution in [3.05, 3.63) is 53.7 Å². The highest BCUT2D eigenvalue weighted by molar-refractivity contribution is 5.17. The third-order valence-corrected chi connectivity index (χ3v) is 2.55. The van der Waals surface area contributed by atoms with Gasteiger partial charge in [0.25, 0.3) is 0 Å². The van der Waals surface area contributed by atoms with Crippen LogP contribution in [-0.4, -0.2) is 11.2 Å². The minimum atomic E-state index is -0.189. The average molecular weight is 234 g/mol. The van der Waals surface area contributed by atoms with E-state index >= 15 is 0 Å². The number of hydrogen-bond acceptors (Lipinski definition) is 3. The van der Waals surface area contributed by atoms with Gasteiger partial charge in [-0.3, -0.25) is 0 Å². The predicted molar refractivity (Wildman–Crippen MR) is 62.9 cm³/mol. The minimum absolute atomic E-state index is 0.189. The molecule has 0 aliphatic heterocycles. The third kappa shape index (κ3) is 3.67. The molecule has 90 valence electrons. The molecule has 2 aromatic rings. The number of nitrogens with one attached hydrogen (secondary N) is 1. The number of benzene rings is 1. The minimum Gasteiger partial charge on any atom is -0.364 e. The van der Waals surface area contributed by atoms with Crippen LogP contribution in [0.25, 0.3) is 0 Å². The lowest BCUT2D eigenvalue weighted by molar-refractivity contribution is 0.405. The van der Waals surface area contributed by atoms with Gasteiger partial charge >= 0.3 is 0 Å². The van der Waals surface area contributed by atoms with Gasteiger partial charge in [0.05, 0.1) is 5.69 Å². The molecule has 2 rings (SSSR count). The van der Waals surface area contributed by atoms with Gasteiger partial charge in [-0.1, -0.05) is 17.3 Å². The number of rotatable bonds is 5. The Balaban J connectivity index is 1.83. The molecule has 1 heterocycles. The van der Waals surface area contributed by atoms with Crippen molar-refractivity contribution in [2.45, 2.75) is 25.9 Å². The lowest BCUT2D eigenvalue weighted by Crippen LogP contribution is -2.27. The van der Waals surface area contributed by atoms with Gasteiger partial charge < -0.3 is 9.84 Å². The van der Waals surface area contributed by atoms with Gasteiger partial charge in [-0.05, 0) is 31.0 Å². The van der Waals surface area contributed by atoms with Crippen molar-refractivity contribution in [2.75, 3.05) is 0 Å². The van der Waals surface area contributed by atoms with E-state index < -0.39 is 0 Å². The SMILES string of the molecule is CC(Cc1cccc(F)c1)NCc1ccon1. The van der Waals surface area contributed by atoms with Crippen LogP contribution in [0.2, 0.25) is 0 Å². The Labute approximate surface area is 99.6 Å². The molecule has 1 atom stereocenters. The fraction of sp³-hybridized carbons (Fsp3) is 0.308. The van der Waals surface area contributed by atoms with Crippen LogP contribution in [-0.2, 0) is 13.0 Å². The molecule has 0 aliphatic carbocycles. The zero-order chi connectivity index (χ0) is 12.1. The van der Waals surface area contributed by atoms with Gasteiger partial charge in [-0.15, -0.1) is 0 Å². The van der Waals surface area contributed by atoms with Crippen molar-refractivity contribution in [1.29, 1.82) is 0 Å². The fourth-order valence-corrected chi connectivity index (χ4v) is 1.70. The molecule has 0 saturated heterocycles. The van der Waals surface area contributed by atoms with Crippen molar-refractivity contribution >= 4 is 0 Å². The number of hydrogen-bond donors (Lipinski definition) is 1. The van der Waals surface area contributed by atoms with Gasteiger partial charge in [0.1, 0.15) is 12.1 Å². The van der Waals surface area contributed by atoms with Gasteiger partial charge in [-0.2, -0.15) is 0 Å². The lowest BCUT2D eigenvalue weighted by Gasteiger charge is -2.12. The van der Waals surface area contributed by atoms with E-state index in [1.165, 1.54) is 6.07 Å². The zero-order valence-corrected chi connectivity index (χ0v) is 9.69. The van der Waals surface area contributed by atoms with Gasteiger partial charge in [0, 0.05) is 18.7 Å². The summed E-state index contributed by atoms with van der Waals surface area (Å²) < 4.78 is 17.7. The summed E-state index contributed by atoms with van der Waals surface area (Å²) >= 11 is 0. The van der Waals surface area contributed by atoms with Crippen LogP contribution in [0, 0.1) is 5.82 Å². The Hall–Kier alpha value is -1.68. The van der Waals surface area contributed by atoms with Crippen molar-refractivity contribution in [1.82, 2.24) is 10.5 Å². The summed E-state index contributed by atoms with van der Waals surface area (Å²) in [5, 5.41) is 7.12. The molecule has 1 N–H and O–H groups in total. The number of aromatic nitrogens is 1. The van der Waals surface area contributed by atoms with Crippen molar-refractivity contribution < 1.29 is 8.91 Å². The van der Waals surface area contributed by atoms with Crippen LogP contribution in [0.5, 0.6) is 0 Å². The van der Waals surface area contributed by atoms with E-state index in [1.807, 2.05) is 12.1 Å². The largest absolute Gasteiger partial charge is 0.364 e. The van der Waals surface area contributed by atoms with E-state index in [9.17, 15) is 4.39 Å². The highest BCUT2D eigenvalue weighted by Crippen LogP contribution is 2.06. The van der Waals surface area contributed by atoms with Crippen LogP contribution >= 0.6 is 0 Å². The molecule has 3 nitrogen and oxygen atoms in total. The van der Waals surface area contributed by atoms with E-state index in [4.69, 9.17) is 4.52 Å². The van der Waals surface area contributed by atoms with Crippen LogP contribution in [0.1, 0.15) is 18.2 Å². The van der Waals surface area contributed by atoms with Gasteiger partial charge in [0.2, 0.25) is 0 Å². The van der Waals surface area contributed by atoms with Crippen molar-refractivity contribution in [3.63, 3.8) is 0 Å². The van der Waals surface area contributed by atoms with Gasteiger partial charge in [-0.25, -0.2) is 4.39 Å². The van der Waals surface area contributed by atoms with E-state index in [2.05, 4.69) is 17.4 Å². The molecule has 17 heavy (non-hydrogen) atoms. The molecule has 0 fully saturated rings. The molecule has 0 radical (unpaired) electrons. The molecular weight excluding hydrogens is 219 g/mol. The molecule has 0 saturated carbocycles. The van der Waals surface area contributed by atoms with Gasteiger partial charge in [0.15, 0.2) is 0 Å². The first kappa shape index (κ1) is 11.8. The smallest absolute Gasteiger partial charge is 0.124 e. The molecular formula is C13H15FN2O. The van der Waals surface area contributed by atoms with Crippen LogP contribution in [0.15, 0.2) is 41.1 Å². The third-order valence-electron chi connectivity index (χ3n) is 2.55. The summed E-state index contributed by atoms with van der Waals surface area (Å²) in [6.07, 6.45) is 2.34. The van der Waals surface area contributed by atoms with Crippen LogP contribution < -0.4 is 5.32 Å². The average Bonchev–Trinajstić information content (AvgIpc) is 2.79. The Morgan fingerprint density at radius 1 is 1.41 bits per heavy atom. The quantitative estimate of drug-likeness (QED) is 0.864. The zero-order valence-electron chi connectivity index (χ0n) is 9.69. The van der Waals surface area contributed by atoms with E-state index in [-0.39, 0.29) is 11.9 Å². The Kier molecular flexibility index (Phi) is 3.88. The fourth-order valence-electron chi connectivity index (χ4n) is 1.70. The number of nitrogens with zero attached hydrogens (tertiary/aromatic N) is 1. The maximum Gasteiger partial charge on any atom is 0.124 e. The first-order chi connectivity index (χ1) is 8.24. The second-order valence-electron chi connectivity index (χ2n) is 4.11. The second-order valence-corrected chi connectivity index (χ2v) is 4.11. The topological polar surface area (TPSA) is 38.1 Å². The maximum absolute atomic E-state index is 13.0. The highest BCUT2D eigenvalue weighted by Gasteiger charge is 2.05. The van der Waals surface area contributed by atoms with E-state index in [1.54, 1.807) is 18.4 Å². The van der Waals surface area contributed by atoms with Crippen LogP contribution in [0.3, 0.4) is 0 Å². The van der Waals surface area contributed by atoms with E-state index in [0.717, 1.165) is 17.7 Å². The molecule has 0 amide bonds. The molecule has 0 spiro atoms. The summed E-state index contributed by atoms with van der Waals surface area (Å²) in [4.78, 5) is 0. The molecule has 0 bridgehead atoms. The first-order valence-electron chi connectivity index (χ1n) is 5.61.